The predicted molar refractivity (Wildman–Crippen MR) is 60.9 cm³/mol. The number of hydrazine groups is 1. The zero-order chi connectivity index (χ0) is 13.8. The number of hydrogen-bond acceptors (Lipinski definition) is 4. The third kappa shape index (κ3) is 4.20. The molecule has 1 atom stereocenters. The van der Waals surface area contributed by atoms with Gasteiger partial charge in [0.2, 0.25) is 0 Å². The normalized spacial score (nSPS) is 14.2. The zero-order valence-electron chi connectivity index (χ0n) is 9.63. The van der Waals surface area contributed by atoms with Crippen LogP contribution in [0.25, 0.3) is 0 Å². The van der Waals surface area contributed by atoms with Crippen LogP contribution in [0.5, 0.6) is 0 Å². The Kier molecular flexibility index (Phi) is 5.51. The highest BCUT2D eigenvalue weighted by atomic mass is 32.1. The molecule has 0 aliphatic carbocycles. The Labute approximate surface area is 106 Å². The number of halogens is 4. The van der Waals surface area contributed by atoms with Gasteiger partial charge in [0.05, 0.1) is 12.6 Å². The van der Waals surface area contributed by atoms with Crippen LogP contribution in [0.1, 0.15) is 15.8 Å². The SMILES string of the molecule is Cc1ccc(C(COCC(F)(F)C(F)F)NN)s1. The zero-order valence-corrected chi connectivity index (χ0v) is 10.4. The molecule has 0 radical (unpaired) electrons. The van der Waals surface area contributed by atoms with Crippen LogP contribution in [0.15, 0.2) is 12.1 Å². The number of ether oxygens (including phenoxy) is 1. The average molecular weight is 286 g/mol. The molecule has 0 saturated carbocycles. The molecule has 0 saturated heterocycles. The van der Waals surface area contributed by atoms with Gasteiger partial charge < -0.3 is 4.74 Å². The van der Waals surface area contributed by atoms with E-state index in [4.69, 9.17) is 5.84 Å². The van der Waals surface area contributed by atoms with Crippen LogP contribution >= 0.6 is 11.3 Å². The van der Waals surface area contributed by atoms with Gasteiger partial charge >= 0.3 is 12.3 Å². The molecule has 18 heavy (non-hydrogen) atoms. The molecular formula is C10H14F4N2OS. The van der Waals surface area contributed by atoms with E-state index in [1.807, 2.05) is 13.0 Å². The number of alkyl halides is 4. The molecule has 1 unspecified atom stereocenters. The van der Waals surface area contributed by atoms with Gasteiger partial charge in [-0.1, -0.05) is 0 Å². The maximum absolute atomic E-state index is 12.6. The molecule has 1 rings (SSSR count). The molecule has 0 spiro atoms. The lowest BCUT2D eigenvalue weighted by Gasteiger charge is -2.18. The maximum atomic E-state index is 12.6. The van der Waals surface area contributed by atoms with Crippen LogP contribution in [0.4, 0.5) is 17.6 Å². The first-order chi connectivity index (χ1) is 8.36. The van der Waals surface area contributed by atoms with Crippen LogP contribution < -0.4 is 11.3 Å². The lowest BCUT2D eigenvalue weighted by atomic mass is 10.2. The minimum atomic E-state index is -4.13. The van der Waals surface area contributed by atoms with Gasteiger partial charge in [0.15, 0.2) is 0 Å². The fourth-order valence-corrected chi connectivity index (χ4v) is 2.15. The van der Waals surface area contributed by atoms with Gasteiger partial charge in [-0.05, 0) is 19.1 Å². The van der Waals surface area contributed by atoms with Gasteiger partial charge in [0, 0.05) is 9.75 Å². The highest BCUT2D eigenvalue weighted by Gasteiger charge is 2.41. The molecule has 3 N–H and O–H groups in total. The largest absolute Gasteiger partial charge is 0.373 e. The second kappa shape index (κ2) is 6.46. The summed E-state index contributed by atoms with van der Waals surface area (Å²) in [6.45, 7) is 0.361. The second-order valence-electron chi connectivity index (χ2n) is 3.74. The lowest BCUT2D eigenvalue weighted by molar-refractivity contribution is -0.167. The Bertz CT molecular complexity index is 373. The Hall–Kier alpha value is -0.700. The van der Waals surface area contributed by atoms with E-state index in [1.54, 1.807) is 6.07 Å². The van der Waals surface area contributed by atoms with Crippen LogP contribution in [-0.2, 0) is 4.74 Å². The first-order valence-corrected chi connectivity index (χ1v) is 5.94. The van der Waals surface area contributed by atoms with Gasteiger partial charge in [-0.25, -0.2) is 14.2 Å². The first kappa shape index (κ1) is 15.4. The van der Waals surface area contributed by atoms with Crippen molar-refractivity contribution in [2.75, 3.05) is 13.2 Å². The van der Waals surface area contributed by atoms with E-state index in [2.05, 4.69) is 10.2 Å². The molecule has 0 amide bonds. The molecule has 1 aromatic heterocycles. The maximum Gasteiger partial charge on any atom is 0.330 e. The topological polar surface area (TPSA) is 47.3 Å². The van der Waals surface area contributed by atoms with Crippen molar-refractivity contribution in [3.63, 3.8) is 0 Å². The minimum Gasteiger partial charge on any atom is -0.373 e. The van der Waals surface area contributed by atoms with Gasteiger partial charge in [0.25, 0.3) is 0 Å². The summed E-state index contributed by atoms with van der Waals surface area (Å²) < 4.78 is 53.5. The summed E-state index contributed by atoms with van der Waals surface area (Å²) in [4.78, 5) is 1.83. The number of hydrogen-bond donors (Lipinski definition) is 2. The molecule has 8 heteroatoms. The Morgan fingerprint density at radius 1 is 1.44 bits per heavy atom. The van der Waals surface area contributed by atoms with Crippen LogP contribution in [0, 0.1) is 6.92 Å². The van der Waals surface area contributed by atoms with Gasteiger partial charge in [-0.2, -0.15) is 8.78 Å². The number of nitrogens with one attached hydrogen (secondary N) is 1. The van der Waals surface area contributed by atoms with Crippen LogP contribution in [0.3, 0.4) is 0 Å². The van der Waals surface area contributed by atoms with Crippen molar-refractivity contribution in [1.82, 2.24) is 5.43 Å². The Morgan fingerprint density at radius 2 is 2.11 bits per heavy atom. The van der Waals surface area contributed by atoms with Crippen LogP contribution in [-0.4, -0.2) is 25.6 Å². The van der Waals surface area contributed by atoms with Crippen molar-refractivity contribution in [3.05, 3.63) is 21.9 Å². The molecule has 0 fully saturated rings. The number of nitrogens with two attached hydrogens (primary N) is 1. The Balaban J connectivity index is 2.46. The fourth-order valence-electron chi connectivity index (χ4n) is 1.23. The smallest absolute Gasteiger partial charge is 0.330 e. The number of thiophene rings is 1. The highest BCUT2D eigenvalue weighted by molar-refractivity contribution is 7.12. The van der Waals surface area contributed by atoms with E-state index in [-0.39, 0.29) is 6.61 Å². The summed E-state index contributed by atoms with van der Waals surface area (Å²) >= 11 is 1.43. The van der Waals surface area contributed by atoms with E-state index in [0.717, 1.165) is 9.75 Å². The van der Waals surface area contributed by atoms with Crippen molar-refractivity contribution in [1.29, 1.82) is 0 Å². The summed E-state index contributed by atoms with van der Waals surface area (Å²) in [6.07, 6.45) is -3.73. The quantitative estimate of drug-likeness (QED) is 0.460. The summed E-state index contributed by atoms with van der Waals surface area (Å²) in [5.74, 6) is 1.13. The van der Waals surface area contributed by atoms with E-state index < -0.39 is 25.0 Å². The van der Waals surface area contributed by atoms with E-state index in [0.29, 0.717) is 0 Å². The molecule has 104 valence electrons. The molecule has 1 heterocycles. The van der Waals surface area contributed by atoms with Crippen molar-refractivity contribution >= 4 is 11.3 Å². The van der Waals surface area contributed by atoms with E-state index in [9.17, 15) is 17.6 Å². The molecule has 0 bridgehead atoms. The first-order valence-electron chi connectivity index (χ1n) is 5.13. The molecule has 0 aliphatic heterocycles. The summed E-state index contributed by atoms with van der Waals surface area (Å²) in [5, 5.41) is 0. The molecule has 3 nitrogen and oxygen atoms in total. The molecular weight excluding hydrogens is 272 g/mol. The van der Waals surface area contributed by atoms with Gasteiger partial charge in [0.1, 0.15) is 6.61 Å². The molecule has 1 aromatic rings. The van der Waals surface area contributed by atoms with Crippen molar-refractivity contribution in [2.45, 2.75) is 25.3 Å². The van der Waals surface area contributed by atoms with Gasteiger partial charge in [-0.3, -0.25) is 5.84 Å². The third-order valence-corrected chi connectivity index (χ3v) is 3.32. The molecule has 0 aliphatic rings. The minimum absolute atomic E-state index is 0.196. The van der Waals surface area contributed by atoms with Crippen LogP contribution in [0.2, 0.25) is 0 Å². The molecule has 0 aromatic carbocycles. The second-order valence-corrected chi connectivity index (χ2v) is 5.06. The summed E-state index contributed by atoms with van der Waals surface area (Å²) in [7, 11) is 0. The van der Waals surface area contributed by atoms with Gasteiger partial charge in [-0.15, -0.1) is 11.3 Å². The highest BCUT2D eigenvalue weighted by Crippen LogP contribution is 2.25. The van der Waals surface area contributed by atoms with E-state index in [1.165, 1.54) is 11.3 Å². The van der Waals surface area contributed by atoms with Crippen molar-refractivity contribution in [3.8, 4) is 0 Å². The standard InChI is InChI=1S/C10H14F4N2OS/c1-6-2-3-8(18-6)7(16-15)4-17-5-10(13,14)9(11)12/h2-3,7,9,16H,4-5,15H2,1H3. The van der Waals surface area contributed by atoms with Crippen molar-refractivity contribution < 1.29 is 22.3 Å². The fraction of sp³-hybridized carbons (Fsp3) is 0.600. The lowest BCUT2D eigenvalue weighted by Crippen LogP contribution is -2.36. The van der Waals surface area contributed by atoms with Crippen molar-refractivity contribution in [2.24, 2.45) is 5.84 Å². The number of aryl methyl sites for hydroxylation is 1. The monoisotopic (exact) mass is 286 g/mol. The number of rotatable bonds is 7. The average Bonchev–Trinajstić information content (AvgIpc) is 2.71. The predicted octanol–water partition coefficient (Wildman–Crippen LogP) is 2.48. The Morgan fingerprint density at radius 3 is 2.56 bits per heavy atom. The van der Waals surface area contributed by atoms with E-state index >= 15 is 0 Å². The summed E-state index contributed by atoms with van der Waals surface area (Å²) in [6, 6.07) is 3.13. The summed E-state index contributed by atoms with van der Waals surface area (Å²) in [5.41, 5.74) is 2.40. The third-order valence-electron chi connectivity index (χ3n) is 2.20.